The van der Waals surface area contributed by atoms with E-state index in [0.717, 1.165) is 30.2 Å². The fourth-order valence-corrected chi connectivity index (χ4v) is 4.52. The Bertz CT molecular complexity index is 1090. The third kappa shape index (κ3) is 3.99. The zero-order chi connectivity index (χ0) is 20.4. The van der Waals surface area contributed by atoms with Crippen molar-refractivity contribution in [3.63, 3.8) is 0 Å². The number of hydrogen-bond donors (Lipinski definition) is 1. The highest BCUT2D eigenvalue weighted by molar-refractivity contribution is 7.13. The third-order valence-corrected chi connectivity index (χ3v) is 6.23. The number of hydrogen-bond acceptors (Lipinski definition) is 6. The SMILES string of the molecule is Cc1c(C(=O)O)cc(-c2csc(-c3ccncc3)n2)c(=O)n1CCN1CCCC1. The van der Waals surface area contributed by atoms with Gasteiger partial charge in [0.05, 0.1) is 16.8 Å². The molecule has 0 amide bonds. The Kier molecular flexibility index (Phi) is 5.55. The van der Waals surface area contributed by atoms with Crippen LogP contribution in [0.25, 0.3) is 21.8 Å². The van der Waals surface area contributed by atoms with Crippen molar-refractivity contribution in [1.82, 2.24) is 19.4 Å². The number of carboxylic acids is 1. The van der Waals surface area contributed by atoms with E-state index in [1.54, 1.807) is 29.3 Å². The molecule has 1 aliphatic rings. The number of nitrogens with zero attached hydrogens (tertiary/aromatic N) is 4. The van der Waals surface area contributed by atoms with Crippen LogP contribution < -0.4 is 5.56 Å². The van der Waals surface area contributed by atoms with Gasteiger partial charge in [-0.2, -0.15) is 0 Å². The average Bonchev–Trinajstić information content (AvgIpc) is 3.40. The predicted octanol–water partition coefficient (Wildman–Crippen LogP) is 3.14. The van der Waals surface area contributed by atoms with Crippen LogP contribution >= 0.6 is 11.3 Å². The summed E-state index contributed by atoms with van der Waals surface area (Å²) >= 11 is 1.42. The summed E-state index contributed by atoms with van der Waals surface area (Å²) in [5, 5.41) is 12.2. The molecule has 0 aromatic carbocycles. The lowest BCUT2D eigenvalue weighted by atomic mass is 10.1. The second-order valence-electron chi connectivity index (χ2n) is 7.14. The topological polar surface area (TPSA) is 88.3 Å². The van der Waals surface area contributed by atoms with Crippen LogP contribution in [0.3, 0.4) is 0 Å². The quantitative estimate of drug-likeness (QED) is 0.672. The van der Waals surface area contributed by atoms with Gasteiger partial charge < -0.3 is 14.6 Å². The summed E-state index contributed by atoms with van der Waals surface area (Å²) in [5.41, 5.74) is 2.17. The minimum absolute atomic E-state index is 0.138. The van der Waals surface area contributed by atoms with Crippen molar-refractivity contribution in [2.24, 2.45) is 0 Å². The lowest BCUT2D eigenvalue weighted by Gasteiger charge is -2.18. The largest absolute Gasteiger partial charge is 0.478 e. The molecule has 0 aliphatic carbocycles. The molecule has 0 atom stereocenters. The third-order valence-electron chi connectivity index (χ3n) is 5.34. The van der Waals surface area contributed by atoms with Crippen LogP contribution in [-0.2, 0) is 6.54 Å². The normalized spacial score (nSPS) is 14.4. The molecule has 29 heavy (non-hydrogen) atoms. The van der Waals surface area contributed by atoms with Crippen LogP contribution in [0, 0.1) is 6.92 Å². The van der Waals surface area contributed by atoms with E-state index in [0.29, 0.717) is 23.5 Å². The van der Waals surface area contributed by atoms with E-state index in [2.05, 4.69) is 14.9 Å². The molecule has 0 radical (unpaired) electrons. The monoisotopic (exact) mass is 410 g/mol. The lowest BCUT2D eigenvalue weighted by molar-refractivity contribution is 0.0694. The van der Waals surface area contributed by atoms with Crippen molar-refractivity contribution in [3.05, 3.63) is 57.6 Å². The predicted molar refractivity (Wildman–Crippen MR) is 112 cm³/mol. The van der Waals surface area contributed by atoms with Crippen LogP contribution in [0.4, 0.5) is 0 Å². The number of thiazole rings is 1. The molecule has 0 spiro atoms. The van der Waals surface area contributed by atoms with Crippen LogP contribution in [-0.4, -0.2) is 50.1 Å². The van der Waals surface area contributed by atoms with E-state index in [1.807, 2.05) is 12.1 Å². The Hall–Kier alpha value is -2.84. The second-order valence-corrected chi connectivity index (χ2v) is 8.00. The van der Waals surface area contributed by atoms with Gasteiger partial charge in [0.2, 0.25) is 0 Å². The van der Waals surface area contributed by atoms with Crippen molar-refractivity contribution in [2.75, 3.05) is 19.6 Å². The van der Waals surface area contributed by atoms with Gasteiger partial charge in [-0.1, -0.05) is 0 Å². The Morgan fingerprint density at radius 1 is 1.21 bits per heavy atom. The molecule has 4 rings (SSSR count). The molecule has 0 saturated carbocycles. The lowest BCUT2D eigenvalue weighted by Crippen LogP contribution is -2.32. The maximum atomic E-state index is 13.2. The zero-order valence-electron chi connectivity index (χ0n) is 16.2. The number of rotatable bonds is 6. The molecule has 0 bridgehead atoms. The Morgan fingerprint density at radius 2 is 1.93 bits per heavy atom. The first-order chi connectivity index (χ1) is 14.0. The molecular weight excluding hydrogens is 388 g/mol. The number of aromatic carboxylic acids is 1. The number of pyridine rings is 2. The summed E-state index contributed by atoms with van der Waals surface area (Å²) in [4.78, 5) is 35.9. The van der Waals surface area contributed by atoms with Crippen LogP contribution in [0.5, 0.6) is 0 Å². The first-order valence-electron chi connectivity index (χ1n) is 9.61. The molecule has 1 saturated heterocycles. The summed E-state index contributed by atoms with van der Waals surface area (Å²) in [6.07, 6.45) is 5.72. The minimum atomic E-state index is -1.04. The van der Waals surface area contributed by atoms with Gasteiger partial charge in [0.25, 0.3) is 5.56 Å². The highest BCUT2D eigenvalue weighted by Crippen LogP contribution is 2.28. The highest BCUT2D eigenvalue weighted by Gasteiger charge is 2.20. The molecule has 1 fully saturated rings. The Labute approximate surface area is 172 Å². The number of carboxylic acid groups (broad SMARTS) is 1. The van der Waals surface area contributed by atoms with Gasteiger partial charge in [0, 0.05) is 42.1 Å². The first-order valence-corrected chi connectivity index (χ1v) is 10.5. The summed E-state index contributed by atoms with van der Waals surface area (Å²) in [6, 6.07) is 5.17. The van der Waals surface area contributed by atoms with Gasteiger partial charge in [-0.05, 0) is 51.1 Å². The maximum absolute atomic E-state index is 13.2. The van der Waals surface area contributed by atoms with Gasteiger partial charge in [-0.15, -0.1) is 11.3 Å². The fourth-order valence-electron chi connectivity index (χ4n) is 3.70. The molecule has 8 heteroatoms. The first kappa shape index (κ1) is 19.5. The highest BCUT2D eigenvalue weighted by atomic mass is 32.1. The van der Waals surface area contributed by atoms with Crippen LogP contribution in [0.15, 0.2) is 40.8 Å². The van der Waals surface area contributed by atoms with Crippen molar-refractivity contribution in [3.8, 4) is 21.8 Å². The summed E-state index contributed by atoms with van der Waals surface area (Å²) in [7, 11) is 0. The standard InChI is InChI=1S/C21H22N4O3S/c1-14-16(21(27)28)12-17(20(26)25(14)11-10-24-8-2-3-9-24)18-13-29-19(23-18)15-4-6-22-7-5-15/h4-7,12-13H,2-3,8-11H2,1H3,(H,27,28). The number of carbonyl (C=O) groups is 1. The fraction of sp³-hybridized carbons (Fsp3) is 0.333. The average molecular weight is 410 g/mol. The molecule has 4 heterocycles. The van der Waals surface area contributed by atoms with Crippen molar-refractivity contribution in [1.29, 1.82) is 0 Å². The van der Waals surface area contributed by atoms with E-state index in [4.69, 9.17) is 0 Å². The summed E-state index contributed by atoms with van der Waals surface area (Å²) in [5.74, 6) is -1.04. The molecule has 7 nitrogen and oxygen atoms in total. The van der Waals surface area contributed by atoms with Gasteiger partial charge in [-0.25, -0.2) is 9.78 Å². The number of likely N-dealkylation sites (tertiary alicyclic amines) is 1. The summed E-state index contributed by atoms with van der Waals surface area (Å²) < 4.78 is 1.59. The molecule has 1 N–H and O–H groups in total. The van der Waals surface area contributed by atoms with Gasteiger partial charge >= 0.3 is 5.97 Å². The van der Waals surface area contributed by atoms with Crippen molar-refractivity contribution >= 4 is 17.3 Å². The Balaban J connectivity index is 1.74. The van der Waals surface area contributed by atoms with Crippen LogP contribution in [0.2, 0.25) is 0 Å². The molecule has 3 aromatic rings. The zero-order valence-corrected chi connectivity index (χ0v) is 17.0. The van der Waals surface area contributed by atoms with Gasteiger partial charge in [0.15, 0.2) is 0 Å². The summed E-state index contributed by atoms with van der Waals surface area (Å²) in [6.45, 7) is 4.96. The smallest absolute Gasteiger partial charge is 0.337 e. The maximum Gasteiger partial charge on any atom is 0.337 e. The molecule has 3 aromatic heterocycles. The molecular formula is C21H22N4O3S. The van der Waals surface area contributed by atoms with Crippen molar-refractivity contribution < 1.29 is 9.90 Å². The molecule has 150 valence electrons. The van der Waals surface area contributed by atoms with Gasteiger partial charge in [-0.3, -0.25) is 9.78 Å². The van der Waals surface area contributed by atoms with Crippen molar-refractivity contribution in [2.45, 2.75) is 26.3 Å². The van der Waals surface area contributed by atoms with E-state index in [1.165, 1.54) is 30.2 Å². The Morgan fingerprint density at radius 3 is 2.62 bits per heavy atom. The second kappa shape index (κ2) is 8.26. The van der Waals surface area contributed by atoms with E-state index in [9.17, 15) is 14.7 Å². The molecule has 1 aliphatic heterocycles. The number of aromatic nitrogens is 3. The van der Waals surface area contributed by atoms with Crippen LogP contribution in [0.1, 0.15) is 28.9 Å². The molecule has 0 unspecified atom stereocenters. The minimum Gasteiger partial charge on any atom is -0.478 e. The van der Waals surface area contributed by atoms with E-state index < -0.39 is 5.97 Å². The van der Waals surface area contributed by atoms with Gasteiger partial charge in [0.1, 0.15) is 5.01 Å². The van der Waals surface area contributed by atoms with E-state index in [-0.39, 0.29) is 11.1 Å². The van der Waals surface area contributed by atoms with E-state index >= 15 is 0 Å².